The molecule has 11 atom stereocenters. The quantitative estimate of drug-likeness (QED) is 0.146. The molecular weight excluding hydrogens is 580 g/mol. The van der Waals surface area contributed by atoms with Gasteiger partial charge in [-0.15, -0.1) is 0 Å². The van der Waals surface area contributed by atoms with Gasteiger partial charge in [-0.25, -0.2) is 0 Å². The number of hydrogen-bond acceptors (Lipinski definition) is 16. The molecule has 0 radical (unpaired) electrons. The molecule has 3 aliphatic heterocycles. The van der Waals surface area contributed by atoms with Crippen LogP contribution in [0.25, 0.3) is 6.08 Å². The zero-order valence-electron chi connectivity index (χ0n) is 22.2. The molecule has 16 nitrogen and oxygen atoms in total. The van der Waals surface area contributed by atoms with Gasteiger partial charge in [-0.3, -0.25) is 0 Å². The molecular formula is C27H32O16. The maximum Gasteiger partial charge on any atom is 0.229 e. The Morgan fingerprint density at radius 1 is 0.674 bits per heavy atom. The van der Waals surface area contributed by atoms with Crippen LogP contribution in [-0.2, 0) is 18.9 Å². The number of phenolic OH excluding ortho intramolecular Hbond substituents is 4. The summed E-state index contributed by atoms with van der Waals surface area (Å²) >= 11 is 0. The highest BCUT2D eigenvalue weighted by atomic mass is 16.8. The Labute approximate surface area is 243 Å². The van der Waals surface area contributed by atoms with Crippen molar-refractivity contribution in [2.45, 2.75) is 67.5 Å². The maximum absolute atomic E-state index is 11.0. The van der Waals surface area contributed by atoms with Gasteiger partial charge < -0.3 is 79.9 Å². The summed E-state index contributed by atoms with van der Waals surface area (Å²) in [7, 11) is 0. The second kappa shape index (κ2) is 12.3. The molecule has 0 aromatic heterocycles. The number of hydrogen-bond donors (Lipinski definition) is 11. The van der Waals surface area contributed by atoms with E-state index in [2.05, 4.69) is 0 Å². The molecule has 2 aromatic rings. The lowest BCUT2D eigenvalue weighted by Gasteiger charge is -2.46. The van der Waals surface area contributed by atoms with E-state index in [1.54, 1.807) is 0 Å². The summed E-state index contributed by atoms with van der Waals surface area (Å²) < 4.78 is 28.7. The Balaban J connectivity index is 1.52. The molecule has 5 rings (SSSR count). The highest BCUT2D eigenvalue weighted by molar-refractivity contribution is 5.69. The lowest BCUT2D eigenvalue weighted by Crippen LogP contribution is -2.64. The minimum atomic E-state index is -1.89. The third-order valence-electron chi connectivity index (χ3n) is 7.41. The zero-order valence-corrected chi connectivity index (χ0v) is 22.2. The van der Waals surface area contributed by atoms with Crippen LogP contribution < -0.4 is 4.74 Å². The van der Waals surface area contributed by atoms with E-state index < -0.39 is 98.0 Å². The van der Waals surface area contributed by atoms with E-state index in [9.17, 15) is 56.2 Å². The van der Waals surface area contributed by atoms with Gasteiger partial charge in [0, 0.05) is 17.7 Å². The van der Waals surface area contributed by atoms with Crippen molar-refractivity contribution in [3.63, 3.8) is 0 Å². The number of phenols is 4. The SMILES string of the molecule is OC[C@@H]1O[C@@H](OC2=Cc3c(O)cc(O)cc3OC2c2ccc(O)c(O)c2)[C@H](O[C@@H]2O[C@H](CO)[C@@H](O)[C@H](O)[C@H]2O)[C@@H](O)[C@@H]1O. The van der Waals surface area contributed by atoms with Crippen LogP contribution in [0.4, 0.5) is 0 Å². The number of aliphatic hydroxyl groups excluding tert-OH is 7. The Bertz CT molecular complexity index is 1330. The van der Waals surface area contributed by atoms with Gasteiger partial charge in [0.1, 0.15) is 65.7 Å². The molecule has 2 aromatic carbocycles. The van der Waals surface area contributed by atoms with E-state index in [0.29, 0.717) is 0 Å². The molecule has 43 heavy (non-hydrogen) atoms. The van der Waals surface area contributed by atoms with Crippen molar-refractivity contribution in [3.8, 4) is 28.7 Å². The molecule has 0 amide bonds. The van der Waals surface area contributed by atoms with Gasteiger partial charge in [0.05, 0.1) is 18.8 Å². The summed E-state index contributed by atoms with van der Waals surface area (Å²) in [5, 5.41) is 112. The number of fused-ring (bicyclic) bond motifs is 1. The van der Waals surface area contributed by atoms with E-state index in [1.165, 1.54) is 24.3 Å². The minimum Gasteiger partial charge on any atom is -0.508 e. The normalized spacial score (nSPS) is 35.9. The van der Waals surface area contributed by atoms with E-state index in [0.717, 1.165) is 12.1 Å². The smallest absolute Gasteiger partial charge is 0.229 e. The van der Waals surface area contributed by atoms with Crippen LogP contribution in [0, 0.1) is 0 Å². The summed E-state index contributed by atoms with van der Waals surface area (Å²) in [4.78, 5) is 0. The van der Waals surface area contributed by atoms with Crippen LogP contribution in [-0.4, -0.2) is 131 Å². The lowest BCUT2D eigenvalue weighted by atomic mass is 9.97. The fraction of sp³-hybridized carbons (Fsp3) is 0.481. The van der Waals surface area contributed by atoms with Crippen LogP contribution in [0.3, 0.4) is 0 Å². The topological polar surface area (TPSA) is 269 Å². The summed E-state index contributed by atoms with van der Waals surface area (Å²) in [6.45, 7) is -1.55. The second-order valence-corrected chi connectivity index (χ2v) is 10.3. The van der Waals surface area contributed by atoms with E-state index in [4.69, 9.17) is 23.7 Å². The van der Waals surface area contributed by atoms with E-state index in [1.807, 2.05) is 0 Å². The van der Waals surface area contributed by atoms with Gasteiger partial charge in [-0.05, 0) is 18.2 Å². The second-order valence-electron chi connectivity index (χ2n) is 10.3. The third-order valence-corrected chi connectivity index (χ3v) is 7.41. The fourth-order valence-corrected chi connectivity index (χ4v) is 5.04. The molecule has 0 saturated carbocycles. The average molecular weight is 613 g/mol. The fourth-order valence-electron chi connectivity index (χ4n) is 5.04. The molecule has 0 aliphatic carbocycles. The highest BCUT2D eigenvalue weighted by Crippen LogP contribution is 2.45. The molecule has 0 spiro atoms. The molecule has 2 fully saturated rings. The lowest BCUT2D eigenvalue weighted by molar-refractivity contribution is -0.364. The molecule has 16 heteroatoms. The van der Waals surface area contributed by atoms with E-state index >= 15 is 0 Å². The first-order valence-corrected chi connectivity index (χ1v) is 13.1. The maximum atomic E-state index is 11.0. The first-order valence-electron chi connectivity index (χ1n) is 13.1. The summed E-state index contributed by atoms with van der Waals surface area (Å²) in [6.07, 6.45) is -17.0. The molecule has 1 unspecified atom stereocenters. The Kier molecular flexibility index (Phi) is 8.87. The summed E-state index contributed by atoms with van der Waals surface area (Å²) in [5.41, 5.74) is 0.255. The standard InChI is InChI=1S/C27H32O16/c28-7-17-19(34)21(36)23(38)26(41-17)43-25-22(37)20(35)18(8-29)42-27(25)40-16-6-11-13(32)4-10(30)5-15(11)39-24(16)9-1-2-12(31)14(33)3-9/h1-6,17-38H,7-8H2/t17-,18+,19-,20-,21+,22+,23-,24?,25-,26+,27-/m1/s1. The van der Waals surface area contributed by atoms with Gasteiger partial charge in [0.25, 0.3) is 0 Å². The van der Waals surface area contributed by atoms with Crippen molar-refractivity contribution in [1.29, 1.82) is 0 Å². The first-order chi connectivity index (χ1) is 20.4. The third kappa shape index (κ3) is 5.89. The van der Waals surface area contributed by atoms with Gasteiger partial charge >= 0.3 is 0 Å². The van der Waals surface area contributed by atoms with Crippen LogP contribution in [0.5, 0.6) is 28.7 Å². The number of aromatic hydroxyl groups is 4. The molecule has 0 bridgehead atoms. The highest BCUT2D eigenvalue weighted by Gasteiger charge is 2.52. The number of ether oxygens (including phenoxy) is 5. The van der Waals surface area contributed by atoms with Gasteiger partial charge in [-0.1, -0.05) is 6.07 Å². The van der Waals surface area contributed by atoms with Gasteiger partial charge in [0.15, 0.2) is 30.0 Å². The Hall–Kier alpha value is -3.42. The zero-order chi connectivity index (χ0) is 31.2. The predicted molar refractivity (Wildman–Crippen MR) is 138 cm³/mol. The average Bonchev–Trinajstić information content (AvgIpc) is 2.98. The molecule has 236 valence electrons. The van der Waals surface area contributed by atoms with Crippen LogP contribution >= 0.6 is 0 Å². The van der Waals surface area contributed by atoms with Crippen LogP contribution in [0.15, 0.2) is 36.1 Å². The summed E-state index contributed by atoms with van der Waals surface area (Å²) in [6, 6.07) is 5.95. The number of rotatable bonds is 7. The van der Waals surface area contributed by atoms with Crippen molar-refractivity contribution in [3.05, 3.63) is 47.2 Å². The Morgan fingerprint density at radius 2 is 1.33 bits per heavy atom. The minimum absolute atomic E-state index is 0.00443. The van der Waals surface area contributed by atoms with Crippen LogP contribution in [0.1, 0.15) is 17.2 Å². The largest absolute Gasteiger partial charge is 0.508 e. The molecule has 2 saturated heterocycles. The van der Waals surface area contributed by atoms with Crippen molar-refractivity contribution < 1.29 is 79.9 Å². The summed E-state index contributed by atoms with van der Waals surface area (Å²) in [5.74, 6) is -1.83. The molecule has 3 aliphatic rings. The van der Waals surface area contributed by atoms with E-state index in [-0.39, 0.29) is 28.4 Å². The number of benzene rings is 2. The van der Waals surface area contributed by atoms with Crippen molar-refractivity contribution in [1.82, 2.24) is 0 Å². The predicted octanol–water partition coefficient (Wildman–Crippen LogP) is -2.38. The van der Waals surface area contributed by atoms with Crippen LogP contribution in [0.2, 0.25) is 0 Å². The van der Waals surface area contributed by atoms with Gasteiger partial charge in [0.2, 0.25) is 6.29 Å². The van der Waals surface area contributed by atoms with Crippen molar-refractivity contribution in [2.75, 3.05) is 13.2 Å². The van der Waals surface area contributed by atoms with Gasteiger partial charge in [-0.2, -0.15) is 0 Å². The first kappa shape index (κ1) is 31.0. The van der Waals surface area contributed by atoms with Crippen molar-refractivity contribution in [2.24, 2.45) is 0 Å². The molecule has 11 N–H and O–H groups in total. The molecule has 3 heterocycles. The van der Waals surface area contributed by atoms with Crippen molar-refractivity contribution >= 4 is 6.08 Å². The Morgan fingerprint density at radius 3 is 1.98 bits per heavy atom. The number of aliphatic hydroxyl groups is 7. The monoisotopic (exact) mass is 612 g/mol.